The molecule has 0 aliphatic carbocycles. The van der Waals surface area contributed by atoms with Crippen molar-refractivity contribution in [2.75, 3.05) is 6.54 Å². The molecular formula is C20H19BrN2O. The Balaban J connectivity index is 1.57. The molecule has 24 heavy (non-hydrogen) atoms. The fraction of sp³-hybridized carbons (Fsp3) is 0.250. The number of hydrogen-bond donors (Lipinski definition) is 1. The Morgan fingerprint density at radius 3 is 2.83 bits per heavy atom. The number of amides is 1. The van der Waals surface area contributed by atoms with Gasteiger partial charge in [0.15, 0.2) is 0 Å². The second-order valence-corrected chi connectivity index (χ2v) is 7.31. The van der Waals surface area contributed by atoms with Gasteiger partial charge in [-0.05, 0) is 49.1 Å². The Morgan fingerprint density at radius 1 is 1.17 bits per heavy atom. The van der Waals surface area contributed by atoms with Crippen LogP contribution in [0, 0.1) is 0 Å². The first-order chi connectivity index (χ1) is 11.7. The molecule has 3 nitrogen and oxygen atoms in total. The van der Waals surface area contributed by atoms with Gasteiger partial charge >= 0.3 is 0 Å². The smallest absolute Gasteiger partial charge is 0.270 e. The highest BCUT2D eigenvalue weighted by Crippen LogP contribution is 2.26. The summed E-state index contributed by atoms with van der Waals surface area (Å²) in [6.45, 7) is 0.843. The van der Waals surface area contributed by atoms with Gasteiger partial charge in [-0.3, -0.25) is 4.79 Å². The number of aromatic amines is 1. The summed E-state index contributed by atoms with van der Waals surface area (Å²) in [4.78, 5) is 18.3. The summed E-state index contributed by atoms with van der Waals surface area (Å²) in [6.07, 6.45) is 3.08. The van der Waals surface area contributed by atoms with E-state index >= 15 is 0 Å². The summed E-state index contributed by atoms with van der Waals surface area (Å²) < 4.78 is 1.02. The third kappa shape index (κ3) is 2.98. The number of aromatic nitrogens is 1. The number of hydrogen-bond acceptors (Lipinski definition) is 1. The van der Waals surface area contributed by atoms with Crippen molar-refractivity contribution in [2.45, 2.75) is 25.3 Å². The summed E-state index contributed by atoms with van der Waals surface area (Å²) in [5, 5.41) is 1.06. The SMILES string of the molecule is O=C(c1cc2cc(Br)ccc2[nH]1)N1CCCC1Cc1ccccc1. The van der Waals surface area contributed by atoms with Gasteiger partial charge in [0, 0.05) is 28.0 Å². The number of nitrogens with zero attached hydrogens (tertiary/aromatic N) is 1. The van der Waals surface area contributed by atoms with E-state index < -0.39 is 0 Å². The second-order valence-electron chi connectivity index (χ2n) is 6.40. The number of carbonyl (C=O) groups is 1. The summed E-state index contributed by atoms with van der Waals surface area (Å²) in [7, 11) is 0. The zero-order chi connectivity index (χ0) is 16.5. The van der Waals surface area contributed by atoms with Crippen LogP contribution >= 0.6 is 15.9 Å². The minimum absolute atomic E-state index is 0.112. The zero-order valence-electron chi connectivity index (χ0n) is 13.3. The fourth-order valence-corrected chi connectivity index (χ4v) is 3.95. The summed E-state index contributed by atoms with van der Waals surface area (Å²) in [5.41, 5.74) is 2.98. The summed E-state index contributed by atoms with van der Waals surface area (Å²) in [5.74, 6) is 0.112. The van der Waals surface area contributed by atoms with E-state index in [0.717, 1.165) is 41.2 Å². The van der Waals surface area contributed by atoms with Crippen molar-refractivity contribution in [2.24, 2.45) is 0 Å². The molecule has 0 saturated carbocycles. The molecule has 1 aromatic heterocycles. The largest absolute Gasteiger partial charge is 0.351 e. The van der Waals surface area contributed by atoms with Gasteiger partial charge in [0.2, 0.25) is 0 Å². The third-order valence-corrected chi connectivity index (χ3v) is 5.26. The van der Waals surface area contributed by atoms with Gasteiger partial charge in [-0.2, -0.15) is 0 Å². The monoisotopic (exact) mass is 382 g/mol. The molecule has 1 unspecified atom stereocenters. The van der Waals surface area contributed by atoms with Crippen LogP contribution in [0.1, 0.15) is 28.9 Å². The molecule has 1 N–H and O–H groups in total. The number of fused-ring (bicyclic) bond motifs is 1. The second kappa shape index (κ2) is 6.44. The van der Waals surface area contributed by atoms with Crippen molar-refractivity contribution in [1.29, 1.82) is 0 Å². The van der Waals surface area contributed by atoms with Crippen molar-refractivity contribution in [3.63, 3.8) is 0 Å². The number of nitrogens with one attached hydrogen (secondary N) is 1. The van der Waals surface area contributed by atoms with Gasteiger partial charge in [0.1, 0.15) is 5.69 Å². The third-order valence-electron chi connectivity index (χ3n) is 4.77. The van der Waals surface area contributed by atoms with E-state index in [-0.39, 0.29) is 11.9 Å². The van der Waals surface area contributed by atoms with Crippen molar-refractivity contribution in [1.82, 2.24) is 9.88 Å². The lowest BCUT2D eigenvalue weighted by atomic mass is 10.0. The maximum atomic E-state index is 13.0. The molecular weight excluding hydrogens is 364 g/mol. The molecule has 4 rings (SSSR count). The average Bonchev–Trinajstić information content (AvgIpc) is 3.21. The number of halogens is 1. The van der Waals surface area contributed by atoms with Crippen molar-refractivity contribution in [3.8, 4) is 0 Å². The molecule has 0 spiro atoms. The molecule has 2 heterocycles. The van der Waals surface area contributed by atoms with E-state index in [9.17, 15) is 4.79 Å². The topological polar surface area (TPSA) is 36.1 Å². The molecule has 1 fully saturated rings. The maximum Gasteiger partial charge on any atom is 0.270 e. The molecule has 0 radical (unpaired) electrons. The van der Waals surface area contributed by atoms with Crippen LogP contribution in [0.5, 0.6) is 0 Å². The predicted molar refractivity (Wildman–Crippen MR) is 100 cm³/mol. The molecule has 1 saturated heterocycles. The average molecular weight is 383 g/mol. The molecule has 1 aliphatic rings. The molecule has 2 aromatic carbocycles. The Kier molecular flexibility index (Phi) is 4.15. The number of carbonyl (C=O) groups excluding carboxylic acids is 1. The Labute approximate surface area is 149 Å². The van der Waals surface area contributed by atoms with Crippen LogP contribution in [0.4, 0.5) is 0 Å². The Hall–Kier alpha value is -2.07. The fourth-order valence-electron chi connectivity index (χ4n) is 3.57. The highest BCUT2D eigenvalue weighted by molar-refractivity contribution is 9.10. The summed E-state index contributed by atoms with van der Waals surface area (Å²) in [6, 6.07) is 18.7. The van der Waals surface area contributed by atoms with E-state index in [4.69, 9.17) is 0 Å². The van der Waals surface area contributed by atoms with Gasteiger partial charge in [-0.15, -0.1) is 0 Å². The van der Waals surface area contributed by atoms with Gasteiger partial charge in [0.25, 0.3) is 5.91 Å². The van der Waals surface area contributed by atoms with Crippen molar-refractivity contribution < 1.29 is 4.79 Å². The molecule has 1 amide bonds. The molecule has 1 aliphatic heterocycles. The lowest BCUT2D eigenvalue weighted by Gasteiger charge is -2.24. The van der Waals surface area contributed by atoms with Gasteiger partial charge in [0.05, 0.1) is 0 Å². The number of benzene rings is 2. The van der Waals surface area contributed by atoms with E-state index in [2.05, 4.69) is 45.2 Å². The van der Waals surface area contributed by atoms with Crippen LogP contribution in [0.2, 0.25) is 0 Å². The molecule has 4 heteroatoms. The minimum Gasteiger partial charge on any atom is -0.351 e. The molecule has 3 aromatic rings. The van der Waals surface area contributed by atoms with Crippen LogP contribution in [0.15, 0.2) is 59.1 Å². The Morgan fingerprint density at radius 2 is 2.00 bits per heavy atom. The normalized spacial score (nSPS) is 17.5. The minimum atomic E-state index is 0.112. The number of likely N-dealkylation sites (tertiary alicyclic amines) is 1. The Bertz CT molecular complexity index is 872. The van der Waals surface area contributed by atoms with Gasteiger partial charge < -0.3 is 9.88 Å². The standard InChI is InChI=1S/C20H19BrN2O/c21-16-8-9-18-15(12-16)13-19(22-18)20(24)23-10-4-7-17(23)11-14-5-2-1-3-6-14/h1-3,5-6,8-9,12-13,17,22H,4,7,10-11H2. The summed E-state index contributed by atoms with van der Waals surface area (Å²) >= 11 is 3.48. The van der Waals surface area contributed by atoms with E-state index in [1.54, 1.807) is 0 Å². The van der Waals surface area contributed by atoms with Crippen molar-refractivity contribution >= 4 is 32.7 Å². The molecule has 1 atom stereocenters. The van der Waals surface area contributed by atoms with Crippen LogP contribution in [-0.2, 0) is 6.42 Å². The maximum absolute atomic E-state index is 13.0. The molecule has 0 bridgehead atoms. The van der Waals surface area contributed by atoms with Gasteiger partial charge in [-0.25, -0.2) is 0 Å². The van der Waals surface area contributed by atoms with Gasteiger partial charge in [-0.1, -0.05) is 46.3 Å². The first-order valence-electron chi connectivity index (χ1n) is 8.34. The molecule has 122 valence electrons. The predicted octanol–water partition coefficient (Wildman–Crippen LogP) is 4.78. The first kappa shape index (κ1) is 15.5. The van der Waals surface area contributed by atoms with Crippen LogP contribution in [-0.4, -0.2) is 28.4 Å². The van der Waals surface area contributed by atoms with Crippen molar-refractivity contribution in [3.05, 3.63) is 70.3 Å². The van der Waals surface area contributed by atoms with Crippen LogP contribution < -0.4 is 0 Å². The highest BCUT2D eigenvalue weighted by Gasteiger charge is 2.30. The highest BCUT2D eigenvalue weighted by atomic mass is 79.9. The number of H-pyrrole nitrogens is 1. The number of rotatable bonds is 3. The zero-order valence-corrected chi connectivity index (χ0v) is 14.9. The lowest BCUT2D eigenvalue weighted by Crippen LogP contribution is -2.37. The van der Waals surface area contributed by atoms with Crippen LogP contribution in [0.3, 0.4) is 0 Å². The first-order valence-corrected chi connectivity index (χ1v) is 9.13. The lowest BCUT2D eigenvalue weighted by molar-refractivity contribution is 0.0731. The van der Waals surface area contributed by atoms with E-state index in [1.165, 1.54) is 5.56 Å². The van der Waals surface area contributed by atoms with E-state index in [0.29, 0.717) is 5.69 Å². The van der Waals surface area contributed by atoms with Crippen LogP contribution in [0.25, 0.3) is 10.9 Å². The quantitative estimate of drug-likeness (QED) is 0.695. The van der Waals surface area contributed by atoms with E-state index in [1.807, 2.05) is 35.2 Å².